The summed E-state index contributed by atoms with van der Waals surface area (Å²) in [6.45, 7) is 29.5. The van der Waals surface area contributed by atoms with Crippen LogP contribution in [0.1, 0.15) is 67.2 Å². The van der Waals surface area contributed by atoms with Gasteiger partial charge in [0.25, 0.3) is 0 Å². The van der Waals surface area contributed by atoms with Crippen LogP contribution in [0.25, 0.3) is 0 Å². The Morgan fingerprint density at radius 1 is 0.590 bits per heavy atom. The van der Waals surface area contributed by atoms with Crippen molar-refractivity contribution in [2.45, 2.75) is 132 Å². The molecule has 366 valence electrons. The van der Waals surface area contributed by atoms with Crippen molar-refractivity contribution in [3.05, 3.63) is 0 Å². The second-order valence-corrected chi connectivity index (χ2v) is 40.9. The highest BCUT2D eigenvalue weighted by molar-refractivity contribution is 7.36. The molecule has 0 bridgehead atoms. The molecule has 0 aromatic heterocycles. The molecule has 0 amide bonds. The van der Waals surface area contributed by atoms with Gasteiger partial charge in [0.2, 0.25) is 7.83 Å². The SMILES string of the molecule is CC.CCCCOCC(O)COC[Si](O)(O)O[Si](C)(C)O[Si](C)(C)[Si](C)(O[Si](C)(C)C)O[Si](O)(O)COCC(O)COCC1CCC1C.CCOCC.O=CC=O.O=CC=O. The third kappa shape index (κ3) is 38.4. The van der Waals surface area contributed by atoms with Crippen molar-refractivity contribution in [3.8, 4) is 0 Å². The highest BCUT2D eigenvalue weighted by Crippen LogP contribution is 2.34. The van der Waals surface area contributed by atoms with E-state index in [2.05, 4.69) is 6.92 Å². The molecule has 1 saturated carbocycles. The minimum atomic E-state index is -4.47. The summed E-state index contributed by atoms with van der Waals surface area (Å²) < 4.78 is 51.5. The quantitative estimate of drug-likeness (QED) is 0.0261. The Bertz CT molecular complexity index is 1080. The Kier molecular flexibility index (Phi) is 40.2. The van der Waals surface area contributed by atoms with Crippen LogP contribution >= 0.6 is 0 Å². The average Bonchev–Trinajstić information content (AvgIpc) is 3.13. The van der Waals surface area contributed by atoms with Crippen molar-refractivity contribution >= 4 is 75.5 Å². The van der Waals surface area contributed by atoms with Gasteiger partial charge >= 0.3 is 34.2 Å². The van der Waals surface area contributed by atoms with Gasteiger partial charge in [-0.25, -0.2) is 0 Å². The Hall–Kier alpha value is -0.619. The zero-order valence-electron chi connectivity index (χ0n) is 39.5. The van der Waals surface area contributed by atoms with Crippen LogP contribution in [-0.4, -0.2) is 182 Å². The van der Waals surface area contributed by atoms with E-state index in [9.17, 15) is 29.4 Å². The highest BCUT2D eigenvalue weighted by Gasteiger charge is 2.60. The molecule has 0 aromatic carbocycles. The lowest BCUT2D eigenvalue weighted by Gasteiger charge is -2.47. The average molecular weight is 990 g/mol. The molecule has 25 heteroatoms. The van der Waals surface area contributed by atoms with Crippen LogP contribution in [0.2, 0.25) is 52.4 Å². The minimum Gasteiger partial charge on any atom is -0.437 e. The number of rotatable bonds is 30. The number of hydrogen-bond donors (Lipinski definition) is 6. The number of aliphatic hydroxyl groups excluding tert-OH is 2. The number of aliphatic hydroxyl groups is 2. The van der Waals surface area contributed by atoms with Crippen molar-refractivity contribution in [2.24, 2.45) is 11.8 Å². The molecule has 1 rings (SSSR count). The van der Waals surface area contributed by atoms with Crippen molar-refractivity contribution in [1.29, 1.82) is 0 Å². The number of carbonyl (C=O) groups is 4. The Morgan fingerprint density at radius 3 is 1.36 bits per heavy atom. The van der Waals surface area contributed by atoms with E-state index >= 15 is 0 Å². The summed E-state index contributed by atoms with van der Waals surface area (Å²) in [6, 6.07) is 0. The molecule has 0 aromatic rings. The van der Waals surface area contributed by atoms with E-state index in [-0.39, 0.29) is 51.6 Å². The molecule has 19 nitrogen and oxygen atoms in total. The van der Waals surface area contributed by atoms with Crippen LogP contribution in [0.4, 0.5) is 0 Å². The second-order valence-electron chi connectivity index (χ2n) is 15.8. The molecule has 5 unspecified atom stereocenters. The molecule has 0 heterocycles. The van der Waals surface area contributed by atoms with Crippen molar-refractivity contribution in [2.75, 3.05) is 65.3 Å². The second kappa shape index (κ2) is 36.6. The third-order valence-electron chi connectivity index (χ3n) is 7.98. The van der Waals surface area contributed by atoms with Crippen LogP contribution < -0.4 is 0 Å². The maximum absolute atomic E-state index is 11.0. The molecule has 1 aliphatic carbocycles. The fourth-order valence-corrected chi connectivity index (χ4v) is 37.9. The number of hydrogen-bond acceptors (Lipinski definition) is 19. The minimum absolute atomic E-state index is 0.0794. The van der Waals surface area contributed by atoms with Gasteiger partial charge in [-0.3, -0.25) is 19.2 Å². The van der Waals surface area contributed by atoms with Gasteiger partial charge in [-0.1, -0.05) is 40.5 Å². The van der Waals surface area contributed by atoms with E-state index in [0.717, 1.165) is 32.5 Å². The molecule has 1 fully saturated rings. The number of aldehydes is 4. The lowest BCUT2D eigenvalue weighted by atomic mass is 9.75. The van der Waals surface area contributed by atoms with Gasteiger partial charge < -0.3 is 69.5 Å². The lowest BCUT2D eigenvalue weighted by Crippen LogP contribution is -2.73. The molecule has 0 aliphatic heterocycles. The number of unbranched alkanes of at least 4 members (excludes halogenated alkanes) is 1. The summed E-state index contributed by atoms with van der Waals surface area (Å²) in [6.07, 6.45) is 2.10. The first-order valence-corrected chi connectivity index (χ1v) is 37.4. The number of ether oxygens (including phenoxy) is 5. The van der Waals surface area contributed by atoms with E-state index in [1.165, 1.54) is 6.42 Å². The third-order valence-corrected chi connectivity index (χ3v) is 34.8. The van der Waals surface area contributed by atoms with E-state index < -0.39 is 75.1 Å². The van der Waals surface area contributed by atoms with Gasteiger partial charge in [0.15, 0.2) is 33.5 Å². The van der Waals surface area contributed by atoms with Gasteiger partial charge in [-0.2, -0.15) is 0 Å². The predicted octanol–water partition coefficient (Wildman–Crippen LogP) is 2.34. The van der Waals surface area contributed by atoms with Crippen LogP contribution in [-0.2, 0) is 59.3 Å². The standard InChI is InChI=1S/C26H64O14Si6.C4H10O.2C2H2O2.C2H6/c1-11-12-15-33-17-25(27)19-35-21-45(29,30)39-42(6,7)38-43(8,9)44(10,37-41(3,4)5)40-46(31,32)22-36-20-26(28)18-34-16-24-14-13-23(24)2;1-3-5-4-2;2*3-1-2-4;1-2/h23-32H,11-22H2,1-10H3;3-4H2,1-2H3;2*1-2H;1-2H3. The van der Waals surface area contributed by atoms with E-state index in [1.54, 1.807) is 19.6 Å². The predicted molar refractivity (Wildman–Crippen MR) is 245 cm³/mol. The molecule has 61 heavy (non-hydrogen) atoms. The van der Waals surface area contributed by atoms with E-state index in [0.29, 0.717) is 25.0 Å². The first-order valence-electron chi connectivity index (χ1n) is 20.9. The van der Waals surface area contributed by atoms with Crippen LogP contribution in [0.5, 0.6) is 0 Å². The fourth-order valence-electron chi connectivity index (χ4n) is 5.10. The Balaban J connectivity index is -0.000000929. The smallest absolute Gasteiger partial charge is 0.437 e. The molecule has 5 atom stereocenters. The maximum Gasteiger partial charge on any atom is 0.513 e. The maximum atomic E-state index is 11.0. The normalized spacial score (nSPS) is 17.4. The van der Waals surface area contributed by atoms with E-state index in [4.69, 9.17) is 59.3 Å². The summed E-state index contributed by atoms with van der Waals surface area (Å²) in [7, 11) is -21.1. The molecular formula is C36H84O19Si6. The summed E-state index contributed by atoms with van der Waals surface area (Å²) in [5.74, 6) is 1.14. The largest absolute Gasteiger partial charge is 0.513 e. The monoisotopic (exact) mass is 988 g/mol. The van der Waals surface area contributed by atoms with Gasteiger partial charge in [-0.05, 0) is 90.9 Å². The molecule has 0 radical (unpaired) electrons. The lowest BCUT2D eigenvalue weighted by molar-refractivity contribution is -0.122. The van der Waals surface area contributed by atoms with Crippen LogP contribution in [0, 0.1) is 11.8 Å². The fraction of sp³-hybridized carbons (Fsp3) is 0.889. The molecule has 6 N–H and O–H groups in total. The van der Waals surface area contributed by atoms with Gasteiger partial charge in [0.05, 0.1) is 26.4 Å². The summed E-state index contributed by atoms with van der Waals surface area (Å²) >= 11 is 0. The Labute approximate surface area is 372 Å². The van der Waals surface area contributed by atoms with E-state index in [1.807, 2.05) is 67.4 Å². The van der Waals surface area contributed by atoms with Crippen molar-refractivity contribution in [3.63, 3.8) is 0 Å². The van der Waals surface area contributed by atoms with Crippen LogP contribution in [0.3, 0.4) is 0 Å². The first-order chi connectivity index (χ1) is 28.2. The van der Waals surface area contributed by atoms with Gasteiger partial charge in [0, 0.05) is 26.4 Å². The van der Waals surface area contributed by atoms with Crippen molar-refractivity contribution < 1.29 is 88.7 Å². The van der Waals surface area contributed by atoms with Crippen molar-refractivity contribution in [1.82, 2.24) is 0 Å². The highest BCUT2D eigenvalue weighted by atomic mass is 29.3. The first kappa shape index (κ1) is 67.0. The van der Waals surface area contributed by atoms with Gasteiger partial charge in [0.1, 0.15) is 24.7 Å². The summed E-state index contributed by atoms with van der Waals surface area (Å²) in [4.78, 5) is 78.5. The zero-order valence-corrected chi connectivity index (χ0v) is 45.5. The molecular weight excluding hydrogens is 905 g/mol. The summed E-state index contributed by atoms with van der Waals surface area (Å²) in [5, 5.41) is 20.3. The molecule has 0 spiro atoms. The molecule has 1 aliphatic rings. The number of carbonyl (C=O) groups excluding carboxylic acids is 4. The van der Waals surface area contributed by atoms with Gasteiger partial charge in [-0.15, -0.1) is 0 Å². The topological polar surface area (TPSA) is 273 Å². The molecule has 0 saturated heterocycles. The van der Waals surface area contributed by atoms with Crippen LogP contribution in [0.15, 0.2) is 0 Å². The Morgan fingerprint density at radius 2 is 1.02 bits per heavy atom. The zero-order chi connectivity index (χ0) is 48.4. The summed E-state index contributed by atoms with van der Waals surface area (Å²) in [5.41, 5.74) is 0.